The van der Waals surface area contributed by atoms with Crippen molar-refractivity contribution in [2.45, 2.75) is 25.8 Å². The van der Waals surface area contributed by atoms with Crippen molar-refractivity contribution in [2.24, 2.45) is 0 Å². The lowest BCUT2D eigenvalue weighted by atomic mass is 10.2. The van der Waals surface area contributed by atoms with E-state index in [0.717, 1.165) is 31.2 Å². The average molecular weight is 241 g/mol. The Balaban J connectivity index is 2.17. The molecule has 6 heteroatoms. The number of aromatic nitrogens is 2. The van der Waals surface area contributed by atoms with Crippen LogP contribution in [0.2, 0.25) is 0 Å². The Kier molecular flexibility index (Phi) is 3.60. The molecule has 1 aromatic heterocycles. The molecule has 16 heavy (non-hydrogen) atoms. The van der Waals surface area contributed by atoms with Crippen molar-refractivity contribution in [2.75, 3.05) is 37.3 Å². The van der Waals surface area contributed by atoms with E-state index in [9.17, 15) is 0 Å². The molecular formula is C10H19N5S. The summed E-state index contributed by atoms with van der Waals surface area (Å²) in [4.78, 5) is 9.04. The number of rotatable bonds is 2. The molecule has 90 valence electrons. The zero-order chi connectivity index (χ0) is 11.5. The number of anilines is 2. The van der Waals surface area contributed by atoms with Gasteiger partial charge in [0.25, 0.3) is 0 Å². The van der Waals surface area contributed by atoms with Crippen molar-refractivity contribution < 1.29 is 0 Å². The second-order valence-corrected chi connectivity index (χ2v) is 5.04. The molecule has 0 spiro atoms. The van der Waals surface area contributed by atoms with Crippen molar-refractivity contribution in [3.8, 4) is 0 Å². The third-order valence-corrected chi connectivity index (χ3v) is 3.82. The quantitative estimate of drug-likeness (QED) is 0.838. The summed E-state index contributed by atoms with van der Waals surface area (Å²) in [7, 11) is 2.18. The molecule has 0 radical (unpaired) electrons. The van der Waals surface area contributed by atoms with Gasteiger partial charge in [-0.2, -0.15) is 9.36 Å². The minimum Gasteiger partial charge on any atom is -0.367 e. The molecule has 1 atom stereocenters. The lowest BCUT2D eigenvalue weighted by molar-refractivity contribution is 0.328. The van der Waals surface area contributed by atoms with Gasteiger partial charge >= 0.3 is 0 Å². The van der Waals surface area contributed by atoms with Crippen molar-refractivity contribution in [3.05, 3.63) is 0 Å². The Bertz CT molecular complexity index is 340. The summed E-state index contributed by atoms with van der Waals surface area (Å²) in [5, 5.41) is 0.972. The minimum absolute atomic E-state index is 0.396. The highest BCUT2D eigenvalue weighted by atomic mass is 32.1. The third kappa shape index (κ3) is 2.44. The molecule has 5 nitrogen and oxygen atoms in total. The average Bonchev–Trinajstić information content (AvgIpc) is 2.58. The van der Waals surface area contributed by atoms with E-state index in [1.54, 1.807) is 0 Å². The van der Waals surface area contributed by atoms with Gasteiger partial charge in [0.15, 0.2) is 0 Å². The molecule has 1 aliphatic heterocycles. The SMILES string of the molecule is CCC1CN(C)CCCN1c1nc(N)ns1. The van der Waals surface area contributed by atoms with Gasteiger partial charge in [0.1, 0.15) is 0 Å². The van der Waals surface area contributed by atoms with Crippen LogP contribution in [0.1, 0.15) is 19.8 Å². The monoisotopic (exact) mass is 241 g/mol. The zero-order valence-corrected chi connectivity index (χ0v) is 10.7. The molecular weight excluding hydrogens is 222 g/mol. The first kappa shape index (κ1) is 11.6. The van der Waals surface area contributed by atoms with Gasteiger partial charge < -0.3 is 15.5 Å². The number of likely N-dealkylation sites (N-methyl/N-ethyl adjacent to an activating group) is 1. The Morgan fingerprint density at radius 2 is 2.31 bits per heavy atom. The van der Waals surface area contributed by atoms with E-state index in [2.05, 4.69) is 33.1 Å². The van der Waals surface area contributed by atoms with Crippen molar-refractivity contribution in [1.82, 2.24) is 14.3 Å². The Morgan fingerprint density at radius 1 is 1.50 bits per heavy atom. The normalized spacial score (nSPS) is 23.4. The van der Waals surface area contributed by atoms with Crippen LogP contribution in [-0.2, 0) is 0 Å². The molecule has 2 heterocycles. The van der Waals surface area contributed by atoms with E-state index in [1.165, 1.54) is 18.0 Å². The molecule has 0 aliphatic carbocycles. The van der Waals surface area contributed by atoms with E-state index in [4.69, 9.17) is 5.73 Å². The number of nitrogen functional groups attached to an aromatic ring is 1. The van der Waals surface area contributed by atoms with E-state index in [0.29, 0.717) is 12.0 Å². The summed E-state index contributed by atoms with van der Waals surface area (Å²) >= 11 is 1.41. The lowest BCUT2D eigenvalue weighted by Crippen LogP contribution is -2.39. The predicted molar refractivity (Wildman–Crippen MR) is 67.9 cm³/mol. The number of hydrogen-bond donors (Lipinski definition) is 1. The fourth-order valence-corrected chi connectivity index (χ4v) is 2.88. The van der Waals surface area contributed by atoms with Gasteiger partial charge in [0.05, 0.1) is 0 Å². The summed E-state index contributed by atoms with van der Waals surface area (Å²) in [6, 6.07) is 0.528. The largest absolute Gasteiger partial charge is 0.367 e. The molecule has 1 fully saturated rings. The van der Waals surface area contributed by atoms with E-state index in [-0.39, 0.29) is 0 Å². The summed E-state index contributed by atoms with van der Waals surface area (Å²) in [6.07, 6.45) is 2.30. The van der Waals surface area contributed by atoms with Crippen molar-refractivity contribution >= 4 is 22.6 Å². The first-order valence-electron chi connectivity index (χ1n) is 5.75. The van der Waals surface area contributed by atoms with Crippen LogP contribution in [0, 0.1) is 0 Å². The van der Waals surface area contributed by atoms with Crippen LogP contribution >= 0.6 is 11.5 Å². The van der Waals surface area contributed by atoms with Crippen LogP contribution in [0.5, 0.6) is 0 Å². The summed E-state index contributed by atoms with van der Waals surface area (Å²) < 4.78 is 4.06. The first-order valence-corrected chi connectivity index (χ1v) is 6.52. The fraction of sp³-hybridized carbons (Fsp3) is 0.800. The van der Waals surface area contributed by atoms with Gasteiger partial charge in [-0.3, -0.25) is 0 Å². The smallest absolute Gasteiger partial charge is 0.233 e. The highest BCUT2D eigenvalue weighted by molar-refractivity contribution is 7.09. The van der Waals surface area contributed by atoms with Crippen LogP contribution in [0.15, 0.2) is 0 Å². The van der Waals surface area contributed by atoms with Gasteiger partial charge in [0.2, 0.25) is 11.1 Å². The third-order valence-electron chi connectivity index (χ3n) is 3.05. The molecule has 1 saturated heterocycles. The first-order chi connectivity index (χ1) is 7.70. The van der Waals surface area contributed by atoms with Crippen molar-refractivity contribution in [1.29, 1.82) is 0 Å². The Labute approximate surface area is 100 Å². The summed E-state index contributed by atoms with van der Waals surface area (Å²) in [6.45, 7) is 5.52. The van der Waals surface area contributed by atoms with E-state index >= 15 is 0 Å². The Morgan fingerprint density at radius 3 is 2.94 bits per heavy atom. The predicted octanol–water partition coefficient (Wildman–Crippen LogP) is 1.04. The highest BCUT2D eigenvalue weighted by Gasteiger charge is 2.24. The minimum atomic E-state index is 0.396. The number of nitrogens with zero attached hydrogens (tertiary/aromatic N) is 4. The van der Waals surface area contributed by atoms with Crippen LogP contribution in [0.25, 0.3) is 0 Å². The molecule has 2 rings (SSSR count). The maximum atomic E-state index is 5.59. The van der Waals surface area contributed by atoms with Crippen molar-refractivity contribution in [3.63, 3.8) is 0 Å². The maximum absolute atomic E-state index is 5.59. The van der Waals surface area contributed by atoms with Crippen LogP contribution in [0.4, 0.5) is 11.1 Å². The number of nitrogens with two attached hydrogens (primary N) is 1. The topological polar surface area (TPSA) is 58.3 Å². The van der Waals surface area contributed by atoms with Crippen LogP contribution in [0.3, 0.4) is 0 Å². The standard InChI is InChI=1S/C10H19N5S/c1-3-8-7-14(2)5-4-6-15(8)10-12-9(11)13-16-10/h8H,3-7H2,1-2H3,(H2,11,13). The molecule has 1 aromatic rings. The van der Waals surface area contributed by atoms with Gasteiger partial charge in [-0.1, -0.05) is 6.92 Å². The summed E-state index contributed by atoms with van der Waals surface area (Å²) in [5.74, 6) is 0.396. The molecule has 0 amide bonds. The highest BCUT2D eigenvalue weighted by Crippen LogP contribution is 2.24. The van der Waals surface area contributed by atoms with Gasteiger partial charge in [-0.25, -0.2) is 0 Å². The molecule has 1 unspecified atom stereocenters. The zero-order valence-electron chi connectivity index (χ0n) is 9.89. The molecule has 0 aromatic carbocycles. The Hall–Kier alpha value is -0.880. The molecule has 0 saturated carbocycles. The summed E-state index contributed by atoms with van der Waals surface area (Å²) in [5.41, 5.74) is 5.59. The van der Waals surface area contributed by atoms with E-state index < -0.39 is 0 Å². The number of hydrogen-bond acceptors (Lipinski definition) is 6. The second-order valence-electron chi connectivity index (χ2n) is 4.31. The van der Waals surface area contributed by atoms with E-state index in [1.807, 2.05) is 0 Å². The molecule has 1 aliphatic rings. The van der Waals surface area contributed by atoms with Gasteiger partial charge in [-0.05, 0) is 26.4 Å². The van der Waals surface area contributed by atoms with Gasteiger partial charge in [-0.15, -0.1) is 0 Å². The van der Waals surface area contributed by atoms with Crippen LogP contribution < -0.4 is 10.6 Å². The second kappa shape index (κ2) is 4.97. The molecule has 2 N–H and O–H groups in total. The maximum Gasteiger partial charge on any atom is 0.233 e. The lowest BCUT2D eigenvalue weighted by Gasteiger charge is -2.29. The fourth-order valence-electron chi connectivity index (χ4n) is 2.19. The van der Waals surface area contributed by atoms with Gasteiger partial charge in [0, 0.05) is 30.7 Å². The van der Waals surface area contributed by atoms with Crippen LogP contribution in [-0.4, -0.2) is 47.0 Å². The molecule has 0 bridgehead atoms.